The monoisotopic (exact) mass is 244 g/mol. The molecular weight excluding hydrogens is 234 g/mol. The number of ketones is 1. The van der Waals surface area contributed by atoms with E-state index in [9.17, 15) is 14.7 Å². The van der Waals surface area contributed by atoms with E-state index >= 15 is 0 Å². The Morgan fingerprint density at radius 1 is 1.33 bits per heavy atom. The first kappa shape index (κ1) is 12.0. The van der Waals surface area contributed by atoms with Crippen LogP contribution < -0.4 is 5.32 Å². The van der Waals surface area contributed by atoms with Gasteiger partial charge in [0.1, 0.15) is 4.98 Å². The maximum atomic E-state index is 11.9. The maximum Gasteiger partial charge on any atom is 0.350 e. The lowest BCUT2D eigenvalue weighted by Crippen LogP contribution is -2.45. The highest BCUT2D eigenvalue weighted by Crippen LogP contribution is 2.21. The number of carbonyl (C=O) groups is 2. The van der Waals surface area contributed by atoms with E-state index < -0.39 is 23.8 Å². The van der Waals surface area contributed by atoms with Crippen molar-refractivity contribution in [3.8, 4) is 0 Å². The van der Waals surface area contributed by atoms with Gasteiger partial charge in [-0.2, -0.15) is 0 Å². The summed E-state index contributed by atoms with van der Waals surface area (Å²) in [5, 5.41) is 20.5. The van der Waals surface area contributed by atoms with Crippen molar-refractivity contribution >= 4 is 17.8 Å². The van der Waals surface area contributed by atoms with Gasteiger partial charge in [0.15, 0.2) is 0 Å². The summed E-state index contributed by atoms with van der Waals surface area (Å²) in [4.78, 5) is 26.0. The molecule has 6 heteroatoms. The number of nitrogens with one attached hydrogen (secondary N) is 1. The highest BCUT2D eigenvalue weighted by Gasteiger charge is 2.56. The lowest BCUT2D eigenvalue weighted by atomic mass is 9.99. The normalized spacial score (nSPS) is 25.0. The van der Waals surface area contributed by atoms with Crippen LogP contribution in [0.1, 0.15) is 5.56 Å². The number of hydrogen-bond acceptors (Lipinski definition) is 4. The molecular formula is C12H10N3O3+. The first-order valence-electron chi connectivity index (χ1n) is 5.24. The van der Waals surface area contributed by atoms with Crippen LogP contribution in [0.5, 0.6) is 0 Å². The molecule has 1 aromatic rings. The molecule has 0 radical (unpaired) electrons. The number of nitrogens with zero attached hydrogens (tertiary/aromatic N) is 2. The Morgan fingerprint density at radius 2 is 2.00 bits per heavy atom. The standard InChI is InChI=1S/C12H9N3O3/c13-14-7-12(18)10(16)9(15-11(12)17)6-8-4-2-1-3-5-8/h1-6,18H,7H2/p+1/b9-6-. The summed E-state index contributed by atoms with van der Waals surface area (Å²) in [5.74, 6) is -1.68. The average Bonchev–Trinajstić information content (AvgIpc) is 2.56. The summed E-state index contributed by atoms with van der Waals surface area (Å²) in [6.45, 7) is -0.677. The van der Waals surface area contributed by atoms with Crippen LogP contribution in [0.15, 0.2) is 36.0 Å². The maximum absolute atomic E-state index is 11.9. The molecule has 1 atom stereocenters. The molecule has 0 saturated carbocycles. The SMILES string of the molecule is N#[N+]CC1(O)C(=O)N/C(=C\c2ccccc2)C1=O. The number of diazo groups is 1. The Morgan fingerprint density at radius 3 is 2.61 bits per heavy atom. The van der Waals surface area contributed by atoms with E-state index in [4.69, 9.17) is 5.39 Å². The first-order valence-corrected chi connectivity index (χ1v) is 5.24. The fraction of sp³-hybridized carbons (Fsp3) is 0.167. The largest absolute Gasteiger partial charge is 0.367 e. The van der Waals surface area contributed by atoms with Crippen LogP contribution in [0, 0.1) is 5.39 Å². The molecule has 1 unspecified atom stereocenters. The van der Waals surface area contributed by atoms with Gasteiger partial charge in [0.05, 0.1) is 5.70 Å². The zero-order valence-electron chi connectivity index (χ0n) is 9.33. The molecule has 0 aromatic heterocycles. The predicted octanol–water partition coefficient (Wildman–Crippen LogP) is 0.311. The number of aliphatic hydroxyl groups is 1. The third-order valence-corrected chi connectivity index (χ3v) is 2.65. The van der Waals surface area contributed by atoms with Gasteiger partial charge in [0.25, 0.3) is 11.5 Å². The second kappa shape index (κ2) is 4.39. The third kappa shape index (κ3) is 1.87. The van der Waals surface area contributed by atoms with Crippen molar-refractivity contribution in [2.24, 2.45) is 0 Å². The van der Waals surface area contributed by atoms with Gasteiger partial charge in [-0.1, -0.05) is 30.3 Å². The summed E-state index contributed by atoms with van der Waals surface area (Å²) in [6, 6.07) is 8.88. The van der Waals surface area contributed by atoms with Crippen molar-refractivity contribution < 1.29 is 14.7 Å². The summed E-state index contributed by atoms with van der Waals surface area (Å²) in [6.07, 6.45) is 1.45. The van der Waals surface area contributed by atoms with Gasteiger partial charge in [-0.15, -0.1) is 0 Å². The Balaban J connectivity index is 2.35. The lowest BCUT2D eigenvalue weighted by Gasteiger charge is -2.05. The number of benzene rings is 1. The number of carbonyl (C=O) groups excluding carboxylic acids is 2. The Kier molecular flexibility index (Phi) is 2.92. The van der Waals surface area contributed by atoms with E-state index in [0.29, 0.717) is 5.56 Å². The summed E-state index contributed by atoms with van der Waals surface area (Å²) < 4.78 is 0. The van der Waals surface area contributed by atoms with Gasteiger partial charge in [-0.3, -0.25) is 9.59 Å². The number of amides is 1. The van der Waals surface area contributed by atoms with Crippen molar-refractivity contribution in [1.29, 1.82) is 5.39 Å². The average molecular weight is 244 g/mol. The van der Waals surface area contributed by atoms with Crippen LogP contribution in [0.4, 0.5) is 0 Å². The van der Waals surface area contributed by atoms with Gasteiger partial charge in [0, 0.05) is 0 Å². The molecule has 1 amide bonds. The van der Waals surface area contributed by atoms with Gasteiger partial charge in [-0.05, 0) is 11.6 Å². The lowest BCUT2D eigenvalue weighted by molar-refractivity contribution is -0.142. The topological polar surface area (TPSA) is 94.5 Å². The summed E-state index contributed by atoms with van der Waals surface area (Å²) >= 11 is 0. The second-order valence-corrected chi connectivity index (χ2v) is 3.91. The molecule has 6 nitrogen and oxygen atoms in total. The first-order chi connectivity index (χ1) is 8.58. The van der Waals surface area contributed by atoms with Gasteiger partial charge in [0.2, 0.25) is 11.2 Å². The molecule has 1 aliphatic heterocycles. The van der Waals surface area contributed by atoms with Crippen LogP contribution in [0.3, 0.4) is 0 Å². The minimum absolute atomic E-state index is 0.0163. The van der Waals surface area contributed by atoms with E-state index in [-0.39, 0.29) is 5.70 Å². The zero-order chi connectivity index (χ0) is 13.2. The summed E-state index contributed by atoms with van der Waals surface area (Å²) in [5.41, 5.74) is -1.61. The minimum Gasteiger partial charge on any atom is -0.367 e. The molecule has 90 valence electrons. The smallest absolute Gasteiger partial charge is 0.350 e. The summed E-state index contributed by atoms with van der Waals surface area (Å²) in [7, 11) is 0. The van der Waals surface area contributed by atoms with Crippen molar-refractivity contribution in [3.05, 3.63) is 46.6 Å². The Hall–Kier alpha value is -2.52. The van der Waals surface area contributed by atoms with Crippen LogP contribution in [0.2, 0.25) is 0 Å². The third-order valence-electron chi connectivity index (χ3n) is 2.65. The molecule has 1 aromatic carbocycles. The molecule has 1 fully saturated rings. The Labute approximate surface area is 103 Å². The van der Waals surface area contributed by atoms with Crippen LogP contribution >= 0.6 is 0 Å². The van der Waals surface area contributed by atoms with Crippen molar-refractivity contribution in [3.63, 3.8) is 0 Å². The highest BCUT2D eigenvalue weighted by atomic mass is 16.3. The molecule has 0 aliphatic carbocycles. The van der Waals surface area contributed by atoms with E-state index in [1.54, 1.807) is 24.3 Å². The number of Topliss-reactive ketones (excluding diaryl/α,β-unsaturated/α-hetero) is 1. The van der Waals surface area contributed by atoms with E-state index in [2.05, 4.69) is 10.3 Å². The molecule has 2 N–H and O–H groups in total. The molecule has 18 heavy (non-hydrogen) atoms. The highest BCUT2D eigenvalue weighted by molar-refractivity contribution is 6.25. The minimum atomic E-state index is -2.31. The van der Waals surface area contributed by atoms with Gasteiger partial charge in [-0.25, -0.2) is 0 Å². The zero-order valence-corrected chi connectivity index (χ0v) is 9.33. The molecule has 0 spiro atoms. The predicted molar refractivity (Wildman–Crippen MR) is 62.5 cm³/mol. The quantitative estimate of drug-likeness (QED) is 0.444. The van der Waals surface area contributed by atoms with Crippen molar-refractivity contribution in [2.75, 3.05) is 6.54 Å². The fourth-order valence-electron chi connectivity index (χ4n) is 1.67. The van der Waals surface area contributed by atoms with Crippen molar-refractivity contribution in [2.45, 2.75) is 5.60 Å². The number of rotatable bonds is 2. The molecule has 0 bridgehead atoms. The number of hydrogen-bond donors (Lipinski definition) is 2. The van der Waals surface area contributed by atoms with Crippen LogP contribution in [-0.4, -0.2) is 28.9 Å². The second-order valence-electron chi connectivity index (χ2n) is 3.91. The molecule has 1 heterocycles. The van der Waals surface area contributed by atoms with E-state index in [1.807, 2.05) is 6.07 Å². The van der Waals surface area contributed by atoms with Crippen molar-refractivity contribution in [1.82, 2.24) is 5.32 Å². The van der Waals surface area contributed by atoms with Gasteiger partial charge >= 0.3 is 6.54 Å². The van der Waals surface area contributed by atoms with E-state index in [1.165, 1.54) is 6.08 Å². The molecule has 1 aliphatic rings. The van der Waals surface area contributed by atoms with Crippen LogP contribution in [-0.2, 0) is 9.59 Å². The van der Waals surface area contributed by atoms with Crippen LogP contribution in [0.25, 0.3) is 11.1 Å². The van der Waals surface area contributed by atoms with Gasteiger partial charge < -0.3 is 10.4 Å². The molecule has 2 rings (SSSR count). The van der Waals surface area contributed by atoms with E-state index in [0.717, 1.165) is 0 Å². The Bertz CT molecular complexity index is 574. The fourth-order valence-corrected chi connectivity index (χ4v) is 1.67. The molecule has 1 saturated heterocycles.